The van der Waals surface area contributed by atoms with Crippen molar-refractivity contribution in [2.45, 2.75) is 44.9 Å². The molecule has 1 saturated carbocycles. The van der Waals surface area contributed by atoms with E-state index in [1.165, 1.54) is 32.9 Å². The molecule has 3 heterocycles. The summed E-state index contributed by atoms with van der Waals surface area (Å²) in [6.45, 7) is 2.44. The predicted molar refractivity (Wildman–Crippen MR) is 143 cm³/mol. The van der Waals surface area contributed by atoms with Gasteiger partial charge in [0.1, 0.15) is 23.9 Å². The molecule has 2 aliphatic carbocycles. The second-order valence-corrected chi connectivity index (χ2v) is 11.0. The van der Waals surface area contributed by atoms with Crippen LogP contribution in [0.4, 0.5) is 4.79 Å². The minimum atomic E-state index is -0.363. The van der Waals surface area contributed by atoms with Crippen LogP contribution in [0.3, 0.4) is 0 Å². The Balaban J connectivity index is 1.07. The number of aryl methyl sites for hydroxylation is 1. The maximum absolute atomic E-state index is 13.0. The molecular formula is C27H27N7O3S. The van der Waals surface area contributed by atoms with E-state index in [4.69, 9.17) is 0 Å². The Morgan fingerprint density at radius 3 is 2.79 bits per heavy atom. The summed E-state index contributed by atoms with van der Waals surface area (Å²) in [7, 11) is 0. The van der Waals surface area contributed by atoms with E-state index >= 15 is 0 Å². The first kappa shape index (κ1) is 24.3. The van der Waals surface area contributed by atoms with Crippen LogP contribution in [0.5, 0.6) is 0 Å². The van der Waals surface area contributed by atoms with Crippen molar-refractivity contribution >= 4 is 39.3 Å². The fourth-order valence-corrected chi connectivity index (χ4v) is 6.24. The van der Waals surface area contributed by atoms with Gasteiger partial charge in [-0.25, -0.2) is 20.2 Å². The highest BCUT2D eigenvalue weighted by Crippen LogP contribution is 2.37. The number of aromatic nitrogens is 2. The summed E-state index contributed by atoms with van der Waals surface area (Å²) in [4.78, 5) is 46.7. The maximum atomic E-state index is 13.0. The standard InChI is InChI=1S/C27H27N7O3S/c1-14-8-17-3-2-15(9-23(17)38-14)12-28-25(35)21-11-22(30-13-29-21)26(36)31-20-7-5-16-10-18(4-6-19(16)20)24-32-27(37)34-33-24/h2-3,6,8-11,13,18,20,24,33H,4-5,7,12H2,1H3,(H,28,35)(H,31,36)(H2,32,34,37)/t18?,20-,24?/m1/s1. The number of nitrogens with one attached hydrogen (secondary N) is 5. The van der Waals surface area contributed by atoms with Crippen LogP contribution in [-0.4, -0.2) is 40.0 Å². The van der Waals surface area contributed by atoms with Gasteiger partial charge in [-0.3, -0.25) is 15.0 Å². The zero-order valence-corrected chi connectivity index (χ0v) is 21.5. The Morgan fingerprint density at radius 2 is 1.97 bits per heavy atom. The quantitative estimate of drug-likeness (QED) is 0.333. The van der Waals surface area contributed by atoms with Gasteiger partial charge in [-0.2, -0.15) is 0 Å². The molecule has 38 heavy (non-hydrogen) atoms. The van der Waals surface area contributed by atoms with Gasteiger partial charge in [-0.05, 0) is 60.4 Å². The minimum absolute atomic E-state index is 0.123. The number of carbonyl (C=O) groups excluding carboxylic acids is 3. The second-order valence-electron chi connectivity index (χ2n) is 9.74. The largest absolute Gasteiger partial charge is 0.347 e. The van der Waals surface area contributed by atoms with Crippen LogP contribution in [0, 0.1) is 12.8 Å². The van der Waals surface area contributed by atoms with Crippen molar-refractivity contribution in [1.82, 2.24) is 36.8 Å². The second kappa shape index (κ2) is 9.99. The molecule has 2 aromatic heterocycles. The molecule has 4 amide bonds. The molecule has 1 saturated heterocycles. The van der Waals surface area contributed by atoms with Crippen molar-refractivity contribution in [3.05, 3.63) is 81.8 Å². The smallest absolute Gasteiger partial charge is 0.330 e. The van der Waals surface area contributed by atoms with Crippen molar-refractivity contribution in [3.8, 4) is 0 Å². The molecule has 2 fully saturated rings. The summed E-state index contributed by atoms with van der Waals surface area (Å²) in [5.41, 5.74) is 9.11. The number of fused-ring (bicyclic) bond motifs is 2. The Labute approximate surface area is 223 Å². The Kier molecular flexibility index (Phi) is 6.38. The molecule has 6 rings (SSSR count). The maximum Gasteiger partial charge on any atom is 0.330 e. The van der Waals surface area contributed by atoms with Gasteiger partial charge in [0, 0.05) is 28.1 Å². The number of carbonyl (C=O) groups is 3. The molecule has 0 radical (unpaired) electrons. The number of nitrogens with zero attached hydrogens (tertiary/aromatic N) is 2. The molecule has 1 aliphatic heterocycles. The summed E-state index contributed by atoms with van der Waals surface area (Å²) in [5.74, 6) is -0.567. The first-order valence-corrected chi connectivity index (χ1v) is 13.4. The third kappa shape index (κ3) is 4.90. The Hall–Kier alpha value is -4.09. The number of hydrazine groups is 1. The first-order valence-electron chi connectivity index (χ1n) is 12.6. The van der Waals surface area contributed by atoms with E-state index in [-0.39, 0.29) is 47.4 Å². The predicted octanol–water partition coefficient (Wildman–Crippen LogP) is 2.84. The molecule has 194 valence electrons. The molecule has 0 spiro atoms. The number of allylic oxidation sites excluding steroid dienone is 1. The molecule has 11 heteroatoms. The van der Waals surface area contributed by atoms with Crippen molar-refractivity contribution in [2.75, 3.05) is 0 Å². The topological polar surface area (TPSA) is 137 Å². The molecular weight excluding hydrogens is 502 g/mol. The van der Waals surface area contributed by atoms with E-state index in [0.717, 1.165) is 30.4 Å². The van der Waals surface area contributed by atoms with Crippen LogP contribution >= 0.6 is 11.3 Å². The van der Waals surface area contributed by atoms with E-state index in [0.29, 0.717) is 6.54 Å². The lowest BCUT2D eigenvalue weighted by Gasteiger charge is -2.24. The molecule has 5 N–H and O–H groups in total. The zero-order chi connectivity index (χ0) is 26.2. The van der Waals surface area contributed by atoms with Gasteiger partial charge in [-0.1, -0.05) is 24.3 Å². The Morgan fingerprint density at radius 1 is 1.13 bits per heavy atom. The van der Waals surface area contributed by atoms with Crippen LogP contribution in [0.2, 0.25) is 0 Å². The van der Waals surface area contributed by atoms with Crippen molar-refractivity contribution in [1.29, 1.82) is 0 Å². The van der Waals surface area contributed by atoms with Gasteiger partial charge in [0.15, 0.2) is 0 Å². The van der Waals surface area contributed by atoms with Crippen LogP contribution in [0.15, 0.2) is 60.0 Å². The number of rotatable bonds is 6. The van der Waals surface area contributed by atoms with Gasteiger partial charge in [0.25, 0.3) is 11.8 Å². The summed E-state index contributed by atoms with van der Waals surface area (Å²) in [6, 6.07) is 9.35. The van der Waals surface area contributed by atoms with Crippen LogP contribution in [0.1, 0.15) is 50.7 Å². The SMILES string of the molecule is Cc1cc2ccc(CNC(=O)c3cc(C(=O)N[C@@H]4CCC5=CC(C6NNC(=O)N6)CC=C54)ncn3)cc2s1. The van der Waals surface area contributed by atoms with Gasteiger partial charge < -0.3 is 16.0 Å². The molecule has 2 unspecified atom stereocenters. The molecule has 3 aliphatic rings. The summed E-state index contributed by atoms with van der Waals surface area (Å²) in [5, 5.41) is 10.00. The highest BCUT2D eigenvalue weighted by molar-refractivity contribution is 7.19. The van der Waals surface area contributed by atoms with E-state index in [2.05, 4.69) is 74.0 Å². The summed E-state index contributed by atoms with van der Waals surface area (Å²) >= 11 is 1.72. The van der Waals surface area contributed by atoms with E-state index < -0.39 is 0 Å². The number of amides is 4. The lowest BCUT2D eigenvalue weighted by atomic mass is 9.89. The third-order valence-corrected chi connectivity index (χ3v) is 8.14. The van der Waals surface area contributed by atoms with E-state index in [1.54, 1.807) is 11.3 Å². The highest BCUT2D eigenvalue weighted by Gasteiger charge is 2.34. The van der Waals surface area contributed by atoms with Crippen LogP contribution in [-0.2, 0) is 6.54 Å². The normalized spacial score (nSPS) is 22.2. The van der Waals surface area contributed by atoms with E-state index in [9.17, 15) is 14.4 Å². The fourth-order valence-electron chi connectivity index (χ4n) is 5.25. The van der Waals surface area contributed by atoms with Gasteiger partial charge in [0.2, 0.25) is 0 Å². The number of benzene rings is 1. The highest BCUT2D eigenvalue weighted by atomic mass is 32.1. The van der Waals surface area contributed by atoms with Crippen LogP contribution in [0.25, 0.3) is 10.1 Å². The average Bonchev–Trinajstić information content (AvgIpc) is 3.64. The molecule has 3 atom stereocenters. The lowest BCUT2D eigenvalue weighted by molar-refractivity contribution is 0.0938. The molecule has 0 bridgehead atoms. The molecule has 1 aromatic carbocycles. The first-order chi connectivity index (χ1) is 18.4. The summed E-state index contributed by atoms with van der Waals surface area (Å²) < 4.78 is 1.18. The third-order valence-electron chi connectivity index (χ3n) is 7.13. The number of hydrogen-bond acceptors (Lipinski definition) is 7. The van der Waals surface area contributed by atoms with Crippen molar-refractivity contribution < 1.29 is 14.4 Å². The van der Waals surface area contributed by atoms with Crippen molar-refractivity contribution in [2.24, 2.45) is 5.92 Å². The summed E-state index contributed by atoms with van der Waals surface area (Å²) in [6.07, 6.45) is 7.78. The van der Waals surface area contributed by atoms with Crippen LogP contribution < -0.4 is 26.8 Å². The van der Waals surface area contributed by atoms with Crippen molar-refractivity contribution in [3.63, 3.8) is 0 Å². The number of urea groups is 1. The minimum Gasteiger partial charge on any atom is -0.347 e. The Bertz CT molecular complexity index is 1510. The molecule has 10 nitrogen and oxygen atoms in total. The average molecular weight is 530 g/mol. The van der Waals surface area contributed by atoms with Gasteiger partial charge in [0.05, 0.1) is 6.04 Å². The number of hydrogen-bond donors (Lipinski definition) is 5. The van der Waals surface area contributed by atoms with Gasteiger partial charge >= 0.3 is 6.03 Å². The fraction of sp³-hybridized carbons (Fsp3) is 0.296. The van der Waals surface area contributed by atoms with Gasteiger partial charge in [-0.15, -0.1) is 11.3 Å². The zero-order valence-electron chi connectivity index (χ0n) is 20.7. The number of thiophene rings is 1. The molecule has 3 aromatic rings. The van der Waals surface area contributed by atoms with E-state index in [1.807, 2.05) is 6.07 Å². The monoisotopic (exact) mass is 529 g/mol. The lowest BCUT2D eigenvalue weighted by Crippen LogP contribution is -2.41.